The van der Waals surface area contributed by atoms with Crippen molar-refractivity contribution in [2.75, 3.05) is 18.1 Å². The molecule has 1 aliphatic heterocycles. The van der Waals surface area contributed by atoms with Gasteiger partial charge < -0.3 is 15.7 Å². The van der Waals surface area contributed by atoms with Crippen LogP contribution in [0, 0.1) is 5.92 Å². The van der Waals surface area contributed by atoms with E-state index in [0.29, 0.717) is 12.6 Å². The Labute approximate surface area is 120 Å². The molecule has 1 heterocycles. The summed E-state index contributed by atoms with van der Waals surface area (Å²) in [4.78, 5) is 11.9. The number of nitrogens with one attached hydrogen (secondary N) is 2. The summed E-state index contributed by atoms with van der Waals surface area (Å²) in [6.45, 7) is 2.59. The Morgan fingerprint density at radius 3 is 3.00 bits per heavy atom. The summed E-state index contributed by atoms with van der Waals surface area (Å²) in [5.41, 5.74) is -0.694. The Morgan fingerprint density at radius 2 is 2.32 bits per heavy atom. The molecule has 2 rings (SSSR count). The third kappa shape index (κ3) is 4.56. The molecule has 4 nitrogen and oxygen atoms in total. The van der Waals surface area contributed by atoms with Gasteiger partial charge in [0.05, 0.1) is 5.60 Å². The second-order valence-electron chi connectivity index (χ2n) is 5.99. The molecule has 2 aliphatic rings. The number of hydrogen-bond donors (Lipinski definition) is 3. The highest BCUT2D eigenvalue weighted by molar-refractivity contribution is 7.99. The minimum Gasteiger partial charge on any atom is -0.387 e. The molecule has 2 fully saturated rings. The van der Waals surface area contributed by atoms with Crippen LogP contribution in [-0.4, -0.2) is 40.8 Å². The van der Waals surface area contributed by atoms with Crippen molar-refractivity contribution in [2.45, 2.75) is 57.1 Å². The van der Waals surface area contributed by atoms with Gasteiger partial charge in [0.2, 0.25) is 0 Å². The number of carbonyl (C=O) groups is 1. The van der Waals surface area contributed by atoms with Crippen molar-refractivity contribution in [2.24, 2.45) is 5.92 Å². The quantitative estimate of drug-likeness (QED) is 0.742. The number of hydrogen-bond acceptors (Lipinski definition) is 3. The van der Waals surface area contributed by atoms with Gasteiger partial charge in [0.25, 0.3) is 0 Å². The molecule has 110 valence electrons. The first-order chi connectivity index (χ1) is 9.11. The fourth-order valence-corrected chi connectivity index (χ4v) is 4.31. The van der Waals surface area contributed by atoms with Crippen LogP contribution in [0.5, 0.6) is 0 Å². The maximum atomic E-state index is 11.9. The summed E-state index contributed by atoms with van der Waals surface area (Å²) >= 11 is 1.75. The predicted octanol–water partition coefficient (Wildman–Crippen LogP) is 2.12. The predicted molar refractivity (Wildman–Crippen MR) is 79.5 cm³/mol. The first kappa shape index (κ1) is 15.0. The van der Waals surface area contributed by atoms with Gasteiger partial charge in [-0.05, 0) is 30.9 Å². The highest BCUT2D eigenvalue weighted by Crippen LogP contribution is 2.27. The smallest absolute Gasteiger partial charge is 0.315 e. The van der Waals surface area contributed by atoms with Gasteiger partial charge in [-0.2, -0.15) is 11.8 Å². The lowest BCUT2D eigenvalue weighted by atomic mass is 9.84. The molecule has 0 aromatic heterocycles. The number of urea groups is 1. The van der Waals surface area contributed by atoms with E-state index in [1.165, 1.54) is 19.3 Å². The minimum absolute atomic E-state index is 0.118. The van der Waals surface area contributed by atoms with E-state index in [-0.39, 0.29) is 6.03 Å². The van der Waals surface area contributed by atoms with E-state index in [2.05, 4.69) is 17.6 Å². The van der Waals surface area contributed by atoms with Crippen molar-refractivity contribution in [1.82, 2.24) is 10.6 Å². The van der Waals surface area contributed by atoms with Crippen LogP contribution >= 0.6 is 11.8 Å². The van der Waals surface area contributed by atoms with Crippen LogP contribution in [0.15, 0.2) is 0 Å². The Hall–Kier alpha value is -0.420. The summed E-state index contributed by atoms with van der Waals surface area (Å²) in [6.07, 6.45) is 6.68. The lowest BCUT2D eigenvalue weighted by molar-refractivity contribution is 0.0697. The Bertz CT molecular complexity index is 306. The van der Waals surface area contributed by atoms with Crippen LogP contribution in [0.3, 0.4) is 0 Å². The molecule has 2 amide bonds. The van der Waals surface area contributed by atoms with Gasteiger partial charge in [-0.3, -0.25) is 0 Å². The monoisotopic (exact) mass is 286 g/mol. The van der Waals surface area contributed by atoms with E-state index in [9.17, 15) is 9.90 Å². The Balaban J connectivity index is 1.69. The van der Waals surface area contributed by atoms with Crippen molar-refractivity contribution >= 4 is 17.8 Å². The largest absolute Gasteiger partial charge is 0.387 e. The first-order valence-corrected chi connectivity index (χ1v) is 8.61. The molecule has 0 unspecified atom stereocenters. The van der Waals surface area contributed by atoms with Gasteiger partial charge in [-0.25, -0.2) is 4.79 Å². The van der Waals surface area contributed by atoms with Crippen LogP contribution in [0.1, 0.15) is 45.4 Å². The number of carbonyl (C=O) groups excluding carboxylic acids is 1. The molecule has 0 bridgehead atoms. The van der Waals surface area contributed by atoms with E-state index in [1.807, 2.05) is 0 Å². The van der Waals surface area contributed by atoms with Gasteiger partial charge in [0.1, 0.15) is 0 Å². The lowest BCUT2D eigenvalue weighted by Crippen LogP contribution is -2.49. The summed E-state index contributed by atoms with van der Waals surface area (Å²) in [7, 11) is 0. The molecule has 0 aromatic carbocycles. The fourth-order valence-electron chi connectivity index (χ4n) is 3.01. The normalized spacial score (nSPS) is 35.1. The molecule has 0 aromatic rings. The van der Waals surface area contributed by atoms with Crippen LogP contribution < -0.4 is 10.6 Å². The average Bonchev–Trinajstić information content (AvgIpc) is 2.84. The lowest BCUT2D eigenvalue weighted by Gasteiger charge is -2.29. The van der Waals surface area contributed by atoms with Crippen molar-refractivity contribution in [3.63, 3.8) is 0 Å². The molecule has 0 radical (unpaired) electrons. The van der Waals surface area contributed by atoms with Gasteiger partial charge >= 0.3 is 6.03 Å². The number of thioether (sulfide) groups is 1. The molecular formula is C14H26N2O2S. The summed E-state index contributed by atoms with van der Waals surface area (Å²) in [6, 6.07) is 0.193. The number of amides is 2. The van der Waals surface area contributed by atoms with Crippen molar-refractivity contribution in [3.8, 4) is 0 Å². The van der Waals surface area contributed by atoms with Gasteiger partial charge in [-0.1, -0.05) is 26.2 Å². The Kier molecular flexibility index (Phi) is 5.39. The molecule has 3 N–H and O–H groups in total. The molecule has 1 aliphatic carbocycles. The van der Waals surface area contributed by atoms with E-state index in [4.69, 9.17) is 0 Å². The van der Waals surface area contributed by atoms with E-state index < -0.39 is 5.60 Å². The van der Waals surface area contributed by atoms with E-state index in [1.54, 1.807) is 11.8 Å². The standard InChI is InChI=1S/C14H26N2O2S/c1-2-11-4-3-5-12(8-11)16-13(17)15-9-14(18)6-7-19-10-14/h11-12,18H,2-10H2,1H3,(H2,15,16,17)/t11-,12-,14-/m1/s1. The molecule has 1 saturated heterocycles. The van der Waals surface area contributed by atoms with Gasteiger partial charge in [-0.15, -0.1) is 0 Å². The zero-order valence-corrected chi connectivity index (χ0v) is 12.6. The highest BCUT2D eigenvalue weighted by atomic mass is 32.2. The van der Waals surface area contributed by atoms with E-state index in [0.717, 1.165) is 36.7 Å². The van der Waals surface area contributed by atoms with Gasteiger partial charge in [0.15, 0.2) is 0 Å². The highest BCUT2D eigenvalue weighted by Gasteiger charge is 2.32. The van der Waals surface area contributed by atoms with E-state index >= 15 is 0 Å². The molecular weight excluding hydrogens is 260 g/mol. The fraction of sp³-hybridized carbons (Fsp3) is 0.929. The molecule has 3 atom stereocenters. The Morgan fingerprint density at radius 1 is 1.47 bits per heavy atom. The zero-order valence-electron chi connectivity index (χ0n) is 11.8. The number of aliphatic hydroxyl groups is 1. The third-order valence-electron chi connectivity index (χ3n) is 4.36. The minimum atomic E-state index is -0.694. The first-order valence-electron chi connectivity index (χ1n) is 7.46. The molecule has 19 heavy (non-hydrogen) atoms. The second kappa shape index (κ2) is 6.84. The summed E-state index contributed by atoms with van der Waals surface area (Å²) in [5, 5.41) is 16.1. The molecule has 1 saturated carbocycles. The number of rotatable bonds is 4. The topological polar surface area (TPSA) is 61.4 Å². The third-order valence-corrected chi connectivity index (χ3v) is 5.59. The average molecular weight is 286 g/mol. The van der Waals surface area contributed by atoms with Crippen LogP contribution in [0.25, 0.3) is 0 Å². The molecule has 0 spiro atoms. The zero-order chi connectivity index (χ0) is 13.7. The van der Waals surface area contributed by atoms with Crippen molar-refractivity contribution in [3.05, 3.63) is 0 Å². The van der Waals surface area contributed by atoms with Crippen LogP contribution in [0.2, 0.25) is 0 Å². The SMILES string of the molecule is CC[C@@H]1CCC[C@@H](NC(=O)NC[C@]2(O)CCSC2)C1. The van der Waals surface area contributed by atoms with Crippen molar-refractivity contribution in [1.29, 1.82) is 0 Å². The van der Waals surface area contributed by atoms with Crippen LogP contribution in [-0.2, 0) is 0 Å². The second-order valence-corrected chi connectivity index (χ2v) is 7.10. The van der Waals surface area contributed by atoms with Crippen LogP contribution in [0.4, 0.5) is 4.79 Å². The summed E-state index contributed by atoms with van der Waals surface area (Å²) in [5.74, 6) is 2.48. The summed E-state index contributed by atoms with van der Waals surface area (Å²) < 4.78 is 0. The van der Waals surface area contributed by atoms with Gasteiger partial charge in [0, 0.05) is 18.3 Å². The van der Waals surface area contributed by atoms with Crippen molar-refractivity contribution < 1.29 is 9.90 Å². The molecule has 5 heteroatoms. The maximum absolute atomic E-state index is 11.9. The maximum Gasteiger partial charge on any atom is 0.315 e.